The quantitative estimate of drug-likeness (QED) is 0.612. The molecule has 0 saturated carbocycles. The van der Waals surface area contributed by atoms with Crippen molar-refractivity contribution in [3.05, 3.63) is 0 Å². The van der Waals surface area contributed by atoms with Crippen molar-refractivity contribution in [2.24, 2.45) is 0 Å². The Bertz CT molecular complexity index is 210. The topological polar surface area (TPSA) is 55.4 Å². The maximum absolute atomic E-state index is 10.6. The van der Waals surface area contributed by atoms with Crippen LogP contribution in [-0.2, 0) is 13.8 Å². The molecule has 1 atom stereocenters. The maximum Gasteiger partial charge on any atom is 0.235 e. The van der Waals surface area contributed by atoms with Crippen molar-refractivity contribution in [3.63, 3.8) is 0 Å². The highest BCUT2D eigenvalue weighted by Crippen LogP contribution is 2.04. The molecule has 0 amide bonds. The van der Waals surface area contributed by atoms with Crippen LogP contribution in [0.1, 0.15) is 0 Å². The first-order chi connectivity index (χ1) is 5.08. The molecule has 1 N–H and O–H groups in total. The van der Waals surface area contributed by atoms with Gasteiger partial charge in [0, 0.05) is 23.8 Å². The van der Waals surface area contributed by atoms with Crippen LogP contribution < -0.4 is 5.32 Å². The zero-order valence-electron chi connectivity index (χ0n) is 5.92. The zero-order chi connectivity index (χ0) is 8.32. The first-order valence-electron chi connectivity index (χ1n) is 3.32. The zero-order valence-corrected chi connectivity index (χ0v) is 7.49. The van der Waals surface area contributed by atoms with Crippen molar-refractivity contribution in [2.45, 2.75) is 6.10 Å². The molecule has 6 heteroatoms. The normalized spacial score (nSPS) is 26.8. The van der Waals surface area contributed by atoms with Gasteiger partial charge >= 0.3 is 0 Å². The summed E-state index contributed by atoms with van der Waals surface area (Å²) in [6.45, 7) is 1.89. The number of halogens is 1. The third-order valence-corrected chi connectivity index (χ3v) is 2.54. The van der Waals surface area contributed by atoms with Gasteiger partial charge in [0.05, 0.1) is 18.5 Å². The fourth-order valence-electron chi connectivity index (χ4n) is 0.949. The highest BCUT2D eigenvalue weighted by molar-refractivity contribution is 8.13. The van der Waals surface area contributed by atoms with Gasteiger partial charge in [0.25, 0.3) is 0 Å². The first kappa shape index (κ1) is 9.25. The molecular formula is C5H10ClNO3S. The van der Waals surface area contributed by atoms with E-state index in [1.165, 1.54) is 0 Å². The van der Waals surface area contributed by atoms with E-state index >= 15 is 0 Å². The Morgan fingerprint density at radius 3 is 2.82 bits per heavy atom. The second-order valence-electron chi connectivity index (χ2n) is 2.40. The lowest BCUT2D eigenvalue weighted by Gasteiger charge is -2.21. The fraction of sp³-hybridized carbons (Fsp3) is 1.00. The molecule has 4 nitrogen and oxygen atoms in total. The molecule has 1 fully saturated rings. The summed E-state index contributed by atoms with van der Waals surface area (Å²) >= 11 is 0. The van der Waals surface area contributed by atoms with Crippen molar-refractivity contribution < 1.29 is 13.2 Å². The number of morpholine rings is 1. The molecular weight excluding hydrogens is 190 g/mol. The average molecular weight is 200 g/mol. The molecule has 1 saturated heterocycles. The molecule has 0 bridgehead atoms. The summed E-state index contributed by atoms with van der Waals surface area (Å²) in [4.78, 5) is 0. The van der Waals surface area contributed by atoms with Crippen LogP contribution in [-0.4, -0.2) is 40.0 Å². The lowest BCUT2D eigenvalue weighted by molar-refractivity contribution is 0.0432. The third kappa shape index (κ3) is 3.91. The molecule has 1 heterocycles. The molecule has 0 radical (unpaired) electrons. The lowest BCUT2D eigenvalue weighted by Crippen LogP contribution is -2.41. The Hall–Kier alpha value is 0.160. The summed E-state index contributed by atoms with van der Waals surface area (Å²) < 4.78 is 26.2. The largest absolute Gasteiger partial charge is 0.374 e. The van der Waals surface area contributed by atoms with E-state index in [1.54, 1.807) is 0 Å². The van der Waals surface area contributed by atoms with E-state index in [-0.39, 0.29) is 11.9 Å². The van der Waals surface area contributed by atoms with Crippen molar-refractivity contribution in [3.8, 4) is 0 Å². The van der Waals surface area contributed by atoms with Crippen LogP contribution in [0.2, 0.25) is 0 Å². The van der Waals surface area contributed by atoms with E-state index < -0.39 is 9.05 Å². The summed E-state index contributed by atoms with van der Waals surface area (Å²) in [6, 6.07) is 0. The van der Waals surface area contributed by atoms with Crippen LogP contribution >= 0.6 is 10.7 Å². The molecule has 0 aromatic carbocycles. The van der Waals surface area contributed by atoms with Crippen LogP contribution in [0.3, 0.4) is 0 Å². The van der Waals surface area contributed by atoms with E-state index in [0.29, 0.717) is 13.2 Å². The van der Waals surface area contributed by atoms with Crippen LogP contribution in [0.4, 0.5) is 0 Å². The second kappa shape index (κ2) is 3.71. The number of hydrogen-bond donors (Lipinski definition) is 1. The van der Waals surface area contributed by atoms with Crippen molar-refractivity contribution in [1.29, 1.82) is 0 Å². The number of hydrogen-bond acceptors (Lipinski definition) is 4. The first-order valence-corrected chi connectivity index (χ1v) is 5.80. The molecule has 1 unspecified atom stereocenters. The van der Waals surface area contributed by atoms with Crippen LogP contribution in [0, 0.1) is 0 Å². The van der Waals surface area contributed by atoms with E-state index in [9.17, 15) is 8.42 Å². The van der Waals surface area contributed by atoms with Gasteiger partial charge in [-0.15, -0.1) is 0 Å². The van der Waals surface area contributed by atoms with Gasteiger partial charge in [0.2, 0.25) is 9.05 Å². The minimum absolute atomic E-state index is 0.110. The summed E-state index contributed by atoms with van der Waals surface area (Å²) in [5.74, 6) is -0.110. The molecule has 1 aliphatic rings. The number of ether oxygens (including phenoxy) is 1. The molecule has 11 heavy (non-hydrogen) atoms. The van der Waals surface area contributed by atoms with Crippen LogP contribution in [0.25, 0.3) is 0 Å². The Kier molecular flexibility index (Phi) is 3.12. The Morgan fingerprint density at radius 1 is 1.64 bits per heavy atom. The van der Waals surface area contributed by atoms with E-state index in [4.69, 9.17) is 15.4 Å². The molecule has 0 aliphatic carbocycles. The Morgan fingerprint density at radius 2 is 2.36 bits per heavy atom. The van der Waals surface area contributed by atoms with Gasteiger partial charge in [-0.3, -0.25) is 0 Å². The smallest absolute Gasteiger partial charge is 0.235 e. The standard InChI is InChI=1S/C5H10ClNO3S/c6-11(8,9)4-5-3-7-1-2-10-5/h5,7H,1-4H2. The summed E-state index contributed by atoms with van der Waals surface area (Å²) in [6.07, 6.45) is -0.286. The van der Waals surface area contributed by atoms with Gasteiger partial charge in [0.1, 0.15) is 0 Å². The van der Waals surface area contributed by atoms with Gasteiger partial charge in [0.15, 0.2) is 0 Å². The number of rotatable bonds is 2. The molecule has 0 spiro atoms. The van der Waals surface area contributed by atoms with Crippen molar-refractivity contribution in [1.82, 2.24) is 5.32 Å². The van der Waals surface area contributed by atoms with Crippen LogP contribution in [0.5, 0.6) is 0 Å². The third-order valence-electron chi connectivity index (χ3n) is 1.39. The average Bonchev–Trinajstić information content (AvgIpc) is 1.85. The summed E-state index contributed by atoms with van der Waals surface area (Å²) in [5, 5.41) is 3.01. The van der Waals surface area contributed by atoms with E-state index in [2.05, 4.69) is 5.32 Å². The van der Waals surface area contributed by atoms with Crippen LogP contribution in [0.15, 0.2) is 0 Å². The molecule has 1 rings (SSSR count). The Balaban J connectivity index is 2.36. The highest BCUT2D eigenvalue weighted by atomic mass is 35.7. The van der Waals surface area contributed by atoms with Gasteiger partial charge in [-0.2, -0.15) is 0 Å². The number of nitrogens with one attached hydrogen (secondary N) is 1. The summed E-state index contributed by atoms with van der Waals surface area (Å²) in [5.41, 5.74) is 0. The SMILES string of the molecule is O=S(=O)(Cl)CC1CNCCO1. The molecule has 1 aliphatic heterocycles. The molecule has 0 aromatic heterocycles. The lowest BCUT2D eigenvalue weighted by atomic mass is 10.3. The Labute approximate surface area is 70.3 Å². The minimum atomic E-state index is -3.42. The fourth-order valence-corrected chi connectivity index (χ4v) is 2.03. The van der Waals surface area contributed by atoms with E-state index in [0.717, 1.165) is 6.54 Å². The van der Waals surface area contributed by atoms with E-state index in [1.807, 2.05) is 0 Å². The van der Waals surface area contributed by atoms with Gasteiger partial charge in [-0.05, 0) is 0 Å². The maximum atomic E-state index is 10.6. The second-order valence-corrected chi connectivity index (χ2v) is 5.22. The minimum Gasteiger partial charge on any atom is -0.374 e. The summed E-state index contributed by atoms with van der Waals surface area (Å²) in [7, 11) is 1.61. The highest BCUT2D eigenvalue weighted by Gasteiger charge is 2.19. The van der Waals surface area contributed by atoms with Gasteiger partial charge in [-0.25, -0.2) is 8.42 Å². The predicted octanol–water partition coefficient (Wildman–Crippen LogP) is -0.457. The van der Waals surface area contributed by atoms with Gasteiger partial charge in [-0.1, -0.05) is 0 Å². The van der Waals surface area contributed by atoms with Crippen molar-refractivity contribution >= 4 is 19.7 Å². The van der Waals surface area contributed by atoms with Crippen molar-refractivity contribution in [2.75, 3.05) is 25.4 Å². The predicted molar refractivity (Wildman–Crippen MR) is 42.2 cm³/mol. The molecule has 0 aromatic rings. The monoisotopic (exact) mass is 199 g/mol. The van der Waals surface area contributed by atoms with Gasteiger partial charge < -0.3 is 10.1 Å². The molecule has 66 valence electrons.